The van der Waals surface area contributed by atoms with Gasteiger partial charge in [0.15, 0.2) is 0 Å². The van der Waals surface area contributed by atoms with Crippen LogP contribution in [0.4, 0.5) is 11.4 Å². The maximum atomic E-state index is 12.1. The summed E-state index contributed by atoms with van der Waals surface area (Å²) in [6.45, 7) is 1.86. The lowest BCUT2D eigenvalue weighted by Crippen LogP contribution is -2.13. The van der Waals surface area contributed by atoms with Gasteiger partial charge in [0.2, 0.25) is 0 Å². The molecule has 4 nitrogen and oxygen atoms in total. The summed E-state index contributed by atoms with van der Waals surface area (Å²) in [6.07, 6.45) is 0. The van der Waals surface area contributed by atoms with E-state index in [1.165, 1.54) is 12.1 Å². The van der Waals surface area contributed by atoms with E-state index in [0.717, 1.165) is 5.56 Å². The van der Waals surface area contributed by atoms with Crippen molar-refractivity contribution in [2.45, 2.75) is 6.92 Å². The fourth-order valence-corrected chi connectivity index (χ4v) is 2.02. The first-order chi connectivity index (χ1) is 8.95. The summed E-state index contributed by atoms with van der Waals surface area (Å²) in [5.74, 6) is -0.253. The van der Waals surface area contributed by atoms with Crippen LogP contribution in [0.3, 0.4) is 0 Å². The van der Waals surface area contributed by atoms with Crippen LogP contribution in [-0.2, 0) is 0 Å². The molecule has 2 rings (SSSR count). The van der Waals surface area contributed by atoms with Gasteiger partial charge in [-0.3, -0.25) is 4.79 Å². The van der Waals surface area contributed by atoms with Crippen LogP contribution in [0.2, 0.25) is 5.02 Å². The number of carbonyl (C=O) groups is 1. The maximum Gasteiger partial charge on any atom is 0.255 e. The minimum atomic E-state index is -0.303. The van der Waals surface area contributed by atoms with Gasteiger partial charge in [0.1, 0.15) is 5.75 Å². The van der Waals surface area contributed by atoms with Gasteiger partial charge in [-0.1, -0.05) is 11.6 Å². The number of aromatic hydroxyl groups is 1. The van der Waals surface area contributed by atoms with Gasteiger partial charge in [-0.2, -0.15) is 0 Å². The monoisotopic (exact) mass is 276 g/mol. The molecule has 2 aromatic rings. The number of carbonyl (C=O) groups excluding carboxylic acids is 1. The van der Waals surface area contributed by atoms with Crippen LogP contribution in [0.1, 0.15) is 15.9 Å². The SMILES string of the molecule is Cc1cc(Cl)cc(C(=O)Nc2ccc(O)cc2N)c1. The fraction of sp³-hybridized carbons (Fsp3) is 0.0714. The van der Waals surface area contributed by atoms with Crippen LogP contribution in [0.25, 0.3) is 0 Å². The molecule has 0 atom stereocenters. The summed E-state index contributed by atoms with van der Waals surface area (Å²) in [5.41, 5.74) is 7.81. The zero-order valence-electron chi connectivity index (χ0n) is 10.3. The van der Waals surface area contributed by atoms with E-state index in [0.29, 0.717) is 22.0 Å². The average molecular weight is 277 g/mol. The van der Waals surface area contributed by atoms with Gasteiger partial charge >= 0.3 is 0 Å². The molecule has 0 aliphatic carbocycles. The quantitative estimate of drug-likeness (QED) is 0.582. The molecule has 0 aliphatic heterocycles. The normalized spacial score (nSPS) is 10.2. The van der Waals surface area contributed by atoms with E-state index >= 15 is 0 Å². The smallest absolute Gasteiger partial charge is 0.255 e. The molecule has 0 radical (unpaired) electrons. The first-order valence-electron chi connectivity index (χ1n) is 5.63. The number of phenolic OH excluding ortho intramolecular Hbond substituents is 1. The van der Waals surface area contributed by atoms with Gasteiger partial charge in [0.25, 0.3) is 5.91 Å². The highest BCUT2D eigenvalue weighted by Crippen LogP contribution is 2.24. The van der Waals surface area contributed by atoms with Crippen molar-refractivity contribution in [3.63, 3.8) is 0 Å². The van der Waals surface area contributed by atoms with Crippen LogP contribution in [0.15, 0.2) is 36.4 Å². The van der Waals surface area contributed by atoms with E-state index < -0.39 is 0 Å². The molecule has 0 unspecified atom stereocenters. The van der Waals surface area contributed by atoms with Crippen molar-refractivity contribution < 1.29 is 9.90 Å². The Labute approximate surface area is 115 Å². The van der Waals surface area contributed by atoms with Crippen molar-refractivity contribution in [3.05, 3.63) is 52.5 Å². The molecular formula is C14H13ClN2O2. The molecule has 0 aromatic heterocycles. The highest BCUT2D eigenvalue weighted by atomic mass is 35.5. The Balaban J connectivity index is 2.25. The standard InChI is InChI=1S/C14H13ClN2O2/c1-8-4-9(6-10(15)5-8)14(19)17-13-3-2-11(18)7-12(13)16/h2-7,18H,16H2,1H3,(H,17,19). The minimum Gasteiger partial charge on any atom is -0.508 e. The van der Waals surface area contributed by atoms with Crippen LogP contribution >= 0.6 is 11.6 Å². The molecule has 0 heterocycles. The minimum absolute atomic E-state index is 0.0501. The van der Waals surface area contributed by atoms with Gasteiger partial charge in [0.05, 0.1) is 11.4 Å². The van der Waals surface area contributed by atoms with E-state index in [2.05, 4.69) is 5.32 Å². The Bertz CT molecular complexity index is 621. The van der Waals surface area contributed by atoms with Crippen molar-refractivity contribution in [1.29, 1.82) is 0 Å². The Kier molecular flexibility index (Phi) is 3.62. The molecule has 2 aromatic carbocycles. The second-order valence-corrected chi connectivity index (χ2v) is 4.68. The molecule has 0 spiro atoms. The number of anilines is 2. The number of phenols is 1. The van der Waals surface area contributed by atoms with Crippen LogP contribution in [0, 0.1) is 6.92 Å². The first kappa shape index (κ1) is 13.2. The van der Waals surface area contributed by atoms with E-state index in [-0.39, 0.29) is 11.7 Å². The van der Waals surface area contributed by atoms with Crippen LogP contribution in [-0.4, -0.2) is 11.0 Å². The Morgan fingerprint density at radius 1 is 1.26 bits per heavy atom. The second kappa shape index (κ2) is 5.20. The number of nitrogen functional groups attached to an aromatic ring is 1. The summed E-state index contributed by atoms with van der Waals surface area (Å²) >= 11 is 5.91. The highest BCUT2D eigenvalue weighted by Gasteiger charge is 2.09. The van der Waals surface area contributed by atoms with E-state index in [1.54, 1.807) is 24.3 Å². The van der Waals surface area contributed by atoms with Gasteiger partial charge in [-0.05, 0) is 42.8 Å². The predicted molar refractivity (Wildman–Crippen MR) is 76.7 cm³/mol. The molecule has 5 heteroatoms. The third kappa shape index (κ3) is 3.17. The summed E-state index contributed by atoms with van der Waals surface area (Å²) in [7, 11) is 0. The largest absolute Gasteiger partial charge is 0.508 e. The lowest BCUT2D eigenvalue weighted by Gasteiger charge is -2.09. The average Bonchev–Trinajstić information content (AvgIpc) is 2.31. The molecule has 98 valence electrons. The second-order valence-electron chi connectivity index (χ2n) is 4.24. The van der Waals surface area contributed by atoms with Gasteiger partial charge in [-0.15, -0.1) is 0 Å². The van der Waals surface area contributed by atoms with Gasteiger partial charge in [-0.25, -0.2) is 0 Å². The summed E-state index contributed by atoms with van der Waals surface area (Å²) in [6, 6.07) is 9.46. The first-order valence-corrected chi connectivity index (χ1v) is 6.00. The van der Waals surface area contributed by atoms with Crippen molar-refractivity contribution in [2.75, 3.05) is 11.1 Å². The number of amides is 1. The predicted octanol–water partition coefficient (Wildman–Crippen LogP) is 3.19. The zero-order chi connectivity index (χ0) is 14.0. The van der Waals surface area contributed by atoms with E-state index in [9.17, 15) is 9.90 Å². The number of hydrogen-bond acceptors (Lipinski definition) is 3. The zero-order valence-corrected chi connectivity index (χ0v) is 11.0. The van der Waals surface area contributed by atoms with Crippen molar-refractivity contribution in [1.82, 2.24) is 0 Å². The highest BCUT2D eigenvalue weighted by molar-refractivity contribution is 6.31. The molecular weight excluding hydrogens is 264 g/mol. The molecule has 0 aliphatic rings. The topological polar surface area (TPSA) is 75.3 Å². The molecule has 0 fully saturated rings. The Hall–Kier alpha value is -2.20. The molecule has 1 amide bonds. The number of benzene rings is 2. The third-order valence-electron chi connectivity index (χ3n) is 2.59. The van der Waals surface area contributed by atoms with Gasteiger partial charge < -0.3 is 16.2 Å². The van der Waals surface area contributed by atoms with Crippen LogP contribution in [0.5, 0.6) is 5.75 Å². The molecule has 0 saturated carbocycles. The van der Waals surface area contributed by atoms with Crippen molar-refractivity contribution in [2.24, 2.45) is 0 Å². The lowest BCUT2D eigenvalue weighted by molar-refractivity contribution is 0.102. The summed E-state index contributed by atoms with van der Waals surface area (Å²) < 4.78 is 0. The fourth-order valence-electron chi connectivity index (χ4n) is 1.73. The number of nitrogens with one attached hydrogen (secondary N) is 1. The molecule has 4 N–H and O–H groups in total. The van der Waals surface area contributed by atoms with Crippen LogP contribution < -0.4 is 11.1 Å². The summed E-state index contributed by atoms with van der Waals surface area (Å²) in [5, 5.41) is 12.4. The summed E-state index contributed by atoms with van der Waals surface area (Å²) in [4.78, 5) is 12.1. The molecule has 19 heavy (non-hydrogen) atoms. The van der Waals surface area contributed by atoms with E-state index in [4.69, 9.17) is 17.3 Å². The van der Waals surface area contributed by atoms with Crippen molar-refractivity contribution >= 4 is 28.9 Å². The maximum absolute atomic E-state index is 12.1. The number of nitrogens with two attached hydrogens (primary N) is 1. The lowest BCUT2D eigenvalue weighted by atomic mass is 10.1. The number of aryl methyl sites for hydroxylation is 1. The number of rotatable bonds is 2. The molecule has 0 bridgehead atoms. The number of hydrogen-bond donors (Lipinski definition) is 3. The molecule has 0 saturated heterocycles. The third-order valence-corrected chi connectivity index (χ3v) is 2.81. The van der Waals surface area contributed by atoms with E-state index in [1.807, 2.05) is 6.92 Å². The number of halogens is 1. The Morgan fingerprint density at radius 2 is 2.00 bits per heavy atom. The van der Waals surface area contributed by atoms with Gasteiger partial charge in [0, 0.05) is 16.7 Å². The Morgan fingerprint density at radius 3 is 2.63 bits per heavy atom. The van der Waals surface area contributed by atoms with Crippen molar-refractivity contribution in [3.8, 4) is 5.75 Å².